The number of pyridine rings is 1. The van der Waals surface area contributed by atoms with Crippen molar-refractivity contribution in [1.82, 2.24) is 4.98 Å². The Morgan fingerprint density at radius 1 is 0.947 bits per heavy atom. The first-order valence-corrected chi connectivity index (χ1v) is 7.44. The average molecular weight is 267 g/mol. The second-order valence-corrected chi connectivity index (χ2v) is 6.33. The smallest absolute Gasteiger partial charge is 0.0737 e. The van der Waals surface area contributed by atoms with Gasteiger partial charge in [0.15, 0.2) is 0 Å². The summed E-state index contributed by atoms with van der Waals surface area (Å²) in [6.07, 6.45) is 2.17. The molecular formula is C17H17NS. The highest BCUT2D eigenvalue weighted by atomic mass is 32.1. The number of benzene rings is 1. The summed E-state index contributed by atoms with van der Waals surface area (Å²) in [4.78, 5) is 7.55. The number of rotatable bonds is 3. The van der Waals surface area contributed by atoms with Crippen molar-refractivity contribution >= 4 is 22.2 Å². The van der Waals surface area contributed by atoms with E-state index in [9.17, 15) is 0 Å². The molecular weight excluding hydrogens is 250 g/mol. The van der Waals surface area contributed by atoms with Crippen molar-refractivity contribution in [1.29, 1.82) is 0 Å². The number of thiophene rings is 1. The van der Waals surface area contributed by atoms with Crippen LogP contribution < -0.4 is 0 Å². The lowest BCUT2D eigenvalue weighted by molar-refractivity contribution is 0.984. The first kappa shape index (κ1) is 12.4. The Morgan fingerprint density at radius 3 is 2.63 bits per heavy atom. The molecule has 0 spiro atoms. The minimum Gasteiger partial charge on any atom is -0.253 e. The fraction of sp³-hybridized carbons (Fsp3) is 0.235. The van der Waals surface area contributed by atoms with Gasteiger partial charge in [-0.25, -0.2) is 0 Å². The Balaban J connectivity index is 1.90. The van der Waals surface area contributed by atoms with Gasteiger partial charge in [0, 0.05) is 20.8 Å². The van der Waals surface area contributed by atoms with E-state index < -0.39 is 0 Å². The van der Waals surface area contributed by atoms with Crippen LogP contribution in [0.2, 0.25) is 0 Å². The first-order valence-electron chi connectivity index (χ1n) is 6.63. The van der Waals surface area contributed by atoms with Crippen molar-refractivity contribution in [3.05, 3.63) is 63.5 Å². The molecule has 0 fully saturated rings. The number of aromatic nitrogens is 1. The van der Waals surface area contributed by atoms with Crippen LogP contribution in [0.1, 0.15) is 21.0 Å². The molecule has 0 radical (unpaired) electrons. The second-order valence-electron chi connectivity index (χ2n) is 4.95. The number of aryl methyl sites for hydroxylation is 4. The minimum absolute atomic E-state index is 1.06. The fourth-order valence-electron chi connectivity index (χ4n) is 2.39. The maximum atomic E-state index is 4.70. The van der Waals surface area contributed by atoms with Gasteiger partial charge < -0.3 is 0 Å². The number of nitrogens with zero attached hydrogens (tertiary/aromatic N) is 1. The normalized spacial score (nSPS) is 11.1. The monoisotopic (exact) mass is 267 g/mol. The van der Waals surface area contributed by atoms with E-state index in [4.69, 9.17) is 4.98 Å². The lowest BCUT2D eigenvalue weighted by Crippen LogP contribution is -1.93. The number of fused-ring (bicyclic) bond motifs is 1. The molecule has 0 aliphatic heterocycles. The standard InChI is InChI=1S/C17H17NS/c1-12-6-8-14-4-3-5-15(17(14)18-12)9-11-16-10-7-13(2)19-16/h3-8,10H,9,11H2,1-2H3. The van der Waals surface area contributed by atoms with Crippen LogP contribution in [0.3, 0.4) is 0 Å². The molecule has 2 aromatic heterocycles. The zero-order valence-corrected chi connectivity index (χ0v) is 12.1. The average Bonchev–Trinajstić information content (AvgIpc) is 2.82. The number of hydrogen-bond acceptors (Lipinski definition) is 2. The van der Waals surface area contributed by atoms with Crippen molar-refractivity contribution in [2.75, 3.05) is 0 Å². The summed E-state index contributed by atoms with van der Waals surface area (Å²) >= 11 is 1.90. The summed E-state index contributed by atoms with van der Waals surface area (Å²) in [5, 5.41) is 1.24. The molecule has 0 atom stereocenters. The zero-order chi connectivity index (χ0) is 13.2. The predicted molar refractivity (Wildman–Crippen MR) is 82.9 cm³/mol. The highest BCUT2D eigenvalue weighted by Crippen LogP contribution is 2.21. The molecule has 0 aliphatic rings. The van der Waals surface area contributed by atoms with E-state index in [1.807, 2.05) is 11.3 Å². The molecule has 0 saturated heterocycles. The predicted octanol–water partition coefficient (Wildman–Crippen LogP) is 4.70. The van der Waals surface area contributed by atoms with Crippen molar-refractivity contribution < 1.29 is 0 Å². The topological polar surface area (TPSA) is 12.9 Å². The van der Waals surface area contributed by atoms with Gasteiger partial charge in [-0.1, -0.05) is 24.3 Å². The van der Waals surface area contributed by atoms with Crippen LogP contribution >= 0.6 is 11.3 Å². The van der Waals surface area contributed by atoms with Crippen LogP contribution in [0, 0.1) is 13.8 Å². The molecule has 0 N–H and O–H groups in total. The van der Waals surface area contributed by atoms with Crippen molar-refractivity contribution in [3.8, 4) is 0 Å². The van der Waals surface area contributed by atoms with Crippen molar-refractivity contribution in [2.24, 2.45) is 0 Å². The van der Waals surface area contributed by atoms with E-state index in [2.05, 4.69) is 56.3 Å². The molecule has 96 valence electrons. The first-order chi connectivity index (χ1) is 9.22. The van der Waals surface area contributed by atoms with Gasteiger partial charge in [0.2, 0.25) is 0 Å². The Hall–Kier alpha value is -1.67. The van der Waals surface area contributed by atoms with E-state index in [0.29, 0.717) is 0 Å². The lowest BCUT2D eigenvalue weighted by atomic mass is 10.0. The maximum absolute atomic E-state index is 4.70. The Bertz CT molecular complexity index is 712. The third-order valence-corrected chi connectivity index (χ3v) is 4.44. The molecule has 0 aliphatic carbocycles. The van der Waals surface area contributed by atoms with Crippen LogP contribution in [-0.2, 0) is 12.8 Å². The number of hydrogen-bond donors (Lipinski definition) is 0. The van der Waals surface area contributed by atoms with Gasteiger partial charge in [0.1, 0.15) is 0 Å². The Morgan fingerprint density at radius 2 is 1.84 bits per heavy atom. The van der Waals surface area contributed by atoms with E-state index >= 15 is 0 Å². The molecule has 2 heterocycles. The summed E-state index contributed by atoms with van der Waals surface area (Å²) in [5.74, 6) is 0. The summed E-state index contributed by atoms with van der Waals surface area (Å²) < 4.78 is 0. The van der Waals surface area contributed by atoms with E-state index in [1.54, 1.807) is 0 Å². The van der Waals surface area contributed by atoms with Gasteiger partial charge in [-0.2, -0.15) is 0 Å². The third kappa shape index (κ3) is 2.69. The summed E-state index contributed by atoms with van der Waals surface area (Å²) in [7, 11) is 0. The van der Waals surface area contributed by atoms with Crippen molar-refractivity contribution in [2.45, 2.75) is 26.7 Å². The molecule has 0 unspecified atom stereocenters. The maximum Gasteiger partial charge on any atom is 0.0737 e. The highest BCUT2D eigenvalue weighted by Gasteiger charge is 2.04. The van der Waals surface area contributed by atoms with E-state index in [1.165, 1.54) is 20.7 Å². The molecule has 0 bridgehead atoms. The number of para-hydroxylation sites is 1. The Kier molecular flexibility index (Phi) is 3.34. The summed E-state index contributed by atoms with van der Waals surface area (Å²) in [5.41, 5.74) is 3.61. The fourth-order valence-corrected chi connectivity index (χ4v) is 3.27. The SMILES string of the molecule is Cc1ccc2cccc(CCc3ccc(C)s3)c2n1. The van der Waals surface area contributed by atoms with Gasteiger partial charge >= 0.3 is 0 Å². The van der Waals surface area contributed by atoms with E-state index in [-0.39, 0.29) is 0 Å². The van der Waals surface area contributed by atoms with Crippen LogP contribution in [0.25, 0.3) is 10.9 Å². The van der Waals surface area contributed by atoms with Crippen LogP contribution in [0.4, 0.5) is 0 Å². The third-order valence-electron chi connectivity index (χ3n) is 3.38. The quantitative estimate of drug-likeness (QED) is 0.670. The van der Waals surface area contributed by atoms with Crippen molar-refractivity contribution in [3.63, 3.8) is 0 Å². The molecule has 1 nitrogen and oxygen atoms in total. The van der Waals surface area contributed by atoms with E-state index in [0.717, 1.165) is 24.1 Å². The highest BCUT2D eigenvalue weighted by molar-refractivity contribution is 7.11. The van der Waals surface area contributed by atoms with Gasteiger partial charge in [-0.3, -0.25) is 4.98 Å². The van der Waals surface area contributed by atoms with Gasteiger partial charge in [0.05, 0.1) is 5.52 Å². The molecule has 3 aromatic rings. The van der Waals surface area contributed by atoms with Gasteiger partial charge in [-0.05, 0) is 50.5 Å². The summed E-state index contributed by atoms with van der Waals surface area (Å²) in [6.45, 7) is 4.22. The largest absolute Gasteiger partial charge is 0.253 e. The molecule has 1 aromatic carbocycles. The van der Waals surface area contributed by atoms with Crippen LogP contribution in [-0.4, -0.2) is 4.98 Å². The molecule has 3 rings (SSSR count). The minimum atomic E-state index is 1.06. The van der Waals surface area contributed by atoms with Crippen LogP contribution in [0.5, 0.6) is 0 Å². The lowest BCUT2D eigenvalue weighted by Gasteiger charge is -2.06. The zero-order valence-electron chi connectivity index (χ0n) is 11.3. The second kappa shape index (κ2) is 5.14. The molecule has 0 saturated carbocycles. The molecule has 2 heteroatoms. The van der Waals surface area contributed by atoms with Gasteiger partial charge in [0.25, 0.3) is 0 Å². The van der Waals surface area contributed by atoms with Crippen LogP contribution in [0.15, 0.2) is 42.5 Å². The Labute approximate surface area is 117 Å². The van der Waals surface area contributed by atoms with Gasteiger partial charge in [-0.15, -0.1) is 11.3 Å². The summed E-state index contributed by atoms with van der Waals surface area (Å²) in [6, 6.07) is 15.2. The molecule has 19 heavy (non-hydrogen) atoms. The molecule has 0 amide bonds.